The Morgan fingerprint density at radius 2 is 1.85 bits per heavy atom. The number of rotatable bonds is 4. The molecule has 2 aromatic rings. The molecule has 0 radical (unpaired) electrons. The van der Waals surface area contributed by atoms with Crippen LogP contribution in [-0.4, -0.2) is 0 Å². The van der Waals surface area contributed by atoms with E-state index >= 15 is 0 Å². The summed E-state index contributed by atoms with van der Waals surface area (Å²) in [4.78, 5) is 0. The summed E-state index contributed by atoms with van der Waals surface area (Å²) in [6.45, 7) is 4.75. The highest BCUT2D eigenvalue weighted by Crippen LogP contribution is 2.24. The Morgan fingerprint density at radius 1 is 1.15 bits per heavy atom. The van der Waals surface area contributed by atoms with Gasteiger partial charge in [-0.1, -0.05) is 49.7 Å². The predicted octanol–water partition coefficient (Wildman–Crippen LogP) is 4.91. The Hall–Kier alpha value is -1.98. The summed E-state index contributed by atoms with van der Waals surface area (Å²) in [5, 5.41) is 9.59. The van der Waals surface area contributed by atoms with Crippen molar-refractivity contribution in [2.45, 2.75) is 26.4 Å². The van der Waals surface area contributed by atoms with Gasteiger partial charge < -0.3 is 4.74 Å². The van der Waals surface area contributed by atoms with Crippen LogP contribution in [-0.2, 0) is 6.61 Å². The molecule has 2 nitrogen and oxygen atoms in total. The van der Waals surface area contributed by atoms with Crippen molar-refractivity contribution in [3.63, 3.8) is 0 Å². The van der Waals surface area contributed by atoms with E-state index in [-0.39, 0.29) is 0 Å². The van der Waals surface area contributed by atoms with Gasteiger partial charge in [-0.05, 0) is 29.2 Å². The number of hydrogen-bond acceptors (Lipinski definition) is 2. The molecule has 2 rings (SSSR count). The highest BCUT2D eigenvalue weighted by Gasteiger charge is 2.05. The molecule has 2 aromatic carbocycles. The molecule has 0 heterocycles. The number of halogens is 1. The van der Waals surface area contributed by atoms with Gasteiger partial charge in [-0.25, -0.2) is 0 Å². The normalized spacial score (nSPS) is 10.3. The molecule has 102 valence electrons. The van der Waals surface area contributed by atoms with Crippen LogP contribution in [0.4, 0.5) is 0 Å². The Morgan fingerprint density at radius 3 is 2.45 bits per heavy atom. The fraction of sp³-hybridized carbons (Fsp3) is 0.235. The molecule has 0 aromatic heterocycles. The lowest BCUT2D eigenvalue weighted by atomic mass is 10.0. The second-order valence-corrected chi connectivity index (χ2v) is 5.37. The van der Waals surface area contributed by atoms with Crippen molar-refractivity contribution in [1.29, 1.82) is 5.26 Å². The maximum absolute atomic E-state index is 9.03. The largest absolute Gasteiger partial charge is 0.487 e. The van der Waals surface area contributed by atoms with Gasteiger partial charge in [-0.15, -0.1) is 0 Å². The van der Waals surface area contributed by atoms with Gasteiger partial charge in [0, 0.05) is 11.1 Å². The molecule has 0 spiro atoms. The Bertz CT molecular complexity index is 626. The van der Waals surface area contributed by atoms with E-state index in [0.717, 1.165) is 5.56 Å². The second kappa shape index (κ2) is 6.45. The van der Waals surface area contributed by atoms with Gasteiger partial charge >= 0.3 is 0 Å². The third kappa shape index (κ3) is 3.53. The molecule has 0 fully saturated rings. The van der Waals surface area contributed by atoms with Crippen molar-refractivity contribution >= 4 is 11.6 Å². The minimum atomic E-state index is 0.424. The Labute approximate surface area is 124 Å². The van der Waals surface area contributed by atoms with Crippen LogP contribution in [0.15, 0.2) is 42.5 Å². The Kier molecular flexibility index (Phi) is 4.65. The highest BCUT2D eigenvalue weighted by molar-refractivity contribution is 6.30. The van der Waals surface area contributed by atoms with Crippen LogP contribution < -0.4 is 4.74 Å². The fourth-order valence-corrected chi connectivity index (χ4v) is 2.03. The minimum Gasteiger partial charge on any atom is -0.487 e. The summed E-state index contributed by atoms with van der Waals surface area (Å²) in [5.74, 6) is 1.04. The summed E-state index contributed by atoms with van der Waals surface area (Å²) in [5.41, 5.74) is 2.86. The van der Waals surface area contributed by atoms with Crippen LogP contribution in [0.2, 0.25) is 5.02 Å². The average Bonchev–Trinajstić information content (AvgIpc) is 2.45. The third-order valence-electron chi connectivity index (χ3n) is 3.10. The average molecular weight is 286 g/mol. The lowest BCUT2D eigenvalue weighted by Gasteiger charge is -2.10. The summed E-state index contributed by atoms with van der Waals surface area (Å²) in [6, 6.07) is 15.4. The fourth-order valence-electron chi connectivity index (χ4n) is 1.87. The van der Waals surface area contributed by atoms with Crippen molar-refractivity contribution in [2.24, 2.45) is 0 Å². The van der Waals surface area contributed by atoms with Gasteiger partial charge in [-0.3, -0.25) is 0 Å². The molecule has 0 aliphatic heterocycles. The van der Waals surface area contributed by atoms with Crippen molar-refractivity contribution in [2.75, 3.05) is 0 Å². The highest BCUT2D eigenvalue weighted by atomic mass is 35.5. The van der Waals surface area contributed by atoms with Gasteiger partial charge in [0.25, 0.3) is 0 Å². The molecule has 0 bridgehead atoms. The maximum Gasteiger partial charge on any atom is 0.139 e. The molecular formula is C17H16ClNO. The molecule has 0 saturated carbocycles. The first-order chi connectivity index (χ1) is 9.60. The summed E-state index contributed by atoms with van der Waals surface area (Å²) in [7, 11) is 0. The molecule has 3 heteroatoms. The van der Waals surface area contributed by atoms with Gasteiger partial charge in [0.05, 0.1) is 5.56 Å². The number of hydrogen-bond donors (Lipinski definition) is 0. The Balaban J connectivity index is 2.09. The van der Waals surface area contributed by atoms with Crippen LogP contribution in [0.5, 0.6) is 5.75 Å². The van der Waals surface area contributed by atoms with Crippen LogP contribution in [0, 0.1) is 11.3 Å². The van der Waals surface area contributed by atoms with Crippen LogP contribution in [0.25, 0.3) is 0 Å². The van der Waals surface area contributed by atoms with E-state index in [1.54, 1.807) is 18.2 Å². The molecule has 0 aliphatic carbocycles. The van der Waals surface area contributed by atoms with E-state index in [2.05, 4.69) is 32.0 Å². The molecule has 0 saturated heterocycles. The van der Waals surface area contributed by atoms with Gasteiger partial charge in [0.1, 0.15) is 18.4 Å². The smallest absolute Gasteiger partial charge is 0.139 e. The molecule has 20 heavy (non-hydrogen) atoms. The maximum atomic E-state index is 9.03. The molecule has 0 amide bonds. The zero-order valence-electron chi connectivity index (χ0n) is 11.6. The number of ether oxygens (including phenoxy) is 1. The summed E-state index contributed by atoms with van der Waals surface area (Å²) < 4.78 is 5.69. The summed E-state index contributed by atoms with van der Waals surface area (Å²) in [6.07, 6.45) is 0. The molecule has 0 unspecified atom stereocenters. The first-order valence-corrected chi connectivity index (χ1v) is 6.89. The van der Waals surface area contributed by atoms with Gasteiger partial charge in [-0.2, -0.15) is 5.26 Å². The van der Waals surface area contributed by atoms with Crippen molar-refractivity contribution in [1.82, 2.24) is 0 Å². The number of benzene rings is 2. The standard InChI is InChI=1S/C17H16ClNO/c1-12(2)14-5-3-13(4-6-14)11-20-17-9-16(18)8-7-15(17)10-19/h3-9,12H,11H2,1-2H3. The summed E-state index contributed by atoms with van der Waals surface area (Å²) >= 11 is 5.92. The van der Waals surface area contributed by atoms with Crippen molar-refractivity contribution < 1.29 is 4.74 Å². The monoisotopic (exact) mass is 285 g/mol. The number of nitrogens with zero attached hydrogens (tertiary/aromatic N) is 1. The first-order valence-electron chi connectivity index (χ1n) is 6.51. The zero-order valence-corrected chi connectivity index (χ0v) is 12.3. The van der Waals surface area contributed by atoms with Gasteiger partial charge in [0.2, 0.25) is 0 Å². The zero-order chi connectivity index (χ0) is 14.5. The van der Waals surface area contributed by atoms with E-state index in [1.807, 2.05) is 12.1 Å². The van der Waals surface area contributed by atoms with Crippen LogP contribution in [0.3, 0.4) is 0 Å². The second-order valence-electron chi connectivity index (χ2n) is 4.94. The van der Waals surface area contributed by atoms with E-state index in [1.165, 1.54) is 5.56 Å². The van der Waals surface area contributed by atoms with Crippen LogP contribution >= 0.6 is 11.6 Å². The van der Waals surface area contributed by atoms with E-state index in [4.69, 9.17) is 21.6 Å². The van der Waals surface area contributed by atoms with E-state index in [9.17, 15) is 0 Å². The molecule has 0 atom stereocenters. The van der Waals surface area contributed by atoms with Crippen molar-refractivity contribution in [3.8, 4) is 11.8 Å². The number of nitriles is 1. The lowest BCUT2D eigenvalue weighted by Crippen LogP contribution is -1.98. The molecule has 0 aliphatic rings. The van der Waals surface area contributed by atoms with Crippen molar-refractivity contribution in [3.05, 3.63) is 64.2 Å². The quantitative estimate of drug-likeness (QED) is 0.799. The van der Waals surface area contributed by atoms with E-state index in [0.29, 0.717) is 28.9 Å². The minimum absolute atomic E-state index is 0.424. The lowest BCUT2D eigenvalue weighted by molar-refractivity contribution is 0.305. The van der Waals surface area contributed by atoms with Gasteiger partial charge in [0.15, 0.2) is 0 Å². The molecule has 0 N–H and O–H groups in total. The topological polar surface area (TPSA) is 33.0 Å². The molecular weight excluding hydrogens is 270 g/mol. The first kappa shape index (κ1) is 14.4. The third-order valence-corrected chi connectivity index (χ3v) is 3.34. The predicted molar refractivity (Wildman–Crippen MR) is 81.0 cm³/mol. The van der Waals surface area contributed by atoms with E-state index < -0.39 is 0 Å². The van der Waals surface area contributed by atoms with Crippen LogP contribution in [0.1, 0.15) is 36.5 Å². The SMILES string of the molecule is CC(C)c1ccc(COc2cc(Cl)ccc2C#N)cc1.